The number of nitrogens with zero attached hydrogens (tertiary/aromatic N) is 1. The summed E-state index contributed by atoms with van der Waals surface area (Å²) < 4.78 is 0. The quantitative estimate of drug-likeness (QED) is 0.677. The highest BCUT2D eigenvalue weighted by molar-refractivity contribution is 5.85. The number of non-ortho nitro benzene ring substituents is 1. The molecule has 3 rings (SSSR count). The molecule has 0 bridgehead atoms. The van der Waals surface area contributed by atoms with Crippen LogP contribution in [0.3, 0.4) is 0 Å². The normalized spacial score (nSPS) is 12.7. The van der Waals surface area contributed by atoms with Crippen molar-refractivity contribution in [3.8, 4) is 0 Å². The van der Waals surface area contributed by atoms with Crippen molar-refractivity contribution in [2.45, 2.75) is 25.8 Å². The van der Waals surface area contributed by atoms with E-state index in [-0.39, 0.29) is 24.1 Å². The fraction of sp³-hybridized carbons (Fsp3) is 0.250. The maximum atomic E-state index is 10.3. The largest absolute Gasteiger partial charge is 0.324 e. The Bertz CT molecular complexity index is 574. The summed E-state index contributed by atoms with van der Waals surface area (Å²) in [6, 6.07) is 14.8. The Morgan fingerprint density at radius 1 is 1.05 bits per heavy atom. The third-order valence-corrected chi connectivity index (χ3v) is 3.41. The van der Waals surface area contributed by atoms with Gasteiger partial charge in [-0.3, -0.25) is 10.1 Å². The van der Waals surface area contributed by atoms with E-state index in [9.17, 15) is 10.1 Å². The minimum Gasteiger partial charge on any atom is -0.324 e. The highest BCUT2D eigenvalue weighted by atomic mass is 35.5. The van der Waals surface area contributed by atoms with Gasteiger partial charge in [0.15, 0.2) is 0 Å². The van der Waals surface area contributed by atoms with Gasteiger partial charge in [-0.1, -0.05) is 36.4 Å². The van der Waals surface area contributed by atoms with Crippen LogP contribution in [0.4, 0.5) is 5.69 Å². The van der Waals surface area contributed by atoms with Crippen molar-refractivity contribution in [2.75, 3.05) is 0 Å². The first-order valence-electron chi connectivity index (χ1n) is 6.64. The van der Waals surface area contributed by atoms with Crippen molar-refractivity contribution >= 4 is 18.1 Å². The SMILES string of the molecule is CC(N)c1ccc([N+](=O)[O-])cc1.Cl.c1ccc2c(c1)CC2. The van der Waals surface area contributed by atoms with Crippen molar-refractivity contribution in [3.63, 3.8) is 0 Å². The van der Waals surface area contributed by atoms with Gasteiger partial charge in [-0.05, 0) is 36.5 Å². The maximum absolute atomic E-state index is 10.3. The number of hydrogen-bond acceptors (Lipinski definition) is 3. The van der Waals surface area contributed by atoms with E-state index in [1.807, 2.05) is 6.92 Å². The van der Waals surface area contributed by atoms with E-state index in [0.717, 1.165) is 5.56 Å². The van der Waals surface area contributed by atoms with Gasteiger partial charge in [-0.25, -0.2) is 0 Å². The van der Waals surface area contributed by atoms with E-state index in [4.69, 9.17) is 5.73 Å². The van der Waals surface area contributed by atoms with E-state index in [1.165, 1.54) is 25.0 Å². The van der Waals surface area contributed by atoms with Crippen molar-refractivity contribution < 1.29 is 4.92 Å². The monoisotopic (exact) mass is 306 g/mol. The number of benzene rings is 2. The van der Waals surface area contributed by atoms with Crippen LogP contribution < -0.4 is 5.73 Å². The van der Waals surface area contributed by atoms with Crippen LogP contribution >= 0.6 is 12.4 Å². The Kier molecular flexibility index (Phi) is 6.34. The van der Waals surface area contributed by atoms with Gasteiger partial charge in [-0.15, -0.1) is 12.4 Å². The molecule has 0 aliphatic heterocycles. The molecule has 1 atom stereocenters. The number of fused-ring (bicyclic) bond motifs is 1. The topological polar surface area (TPSA) is 69.2 Å². The molecule has 2 N–H and O–H groups in total. The van der Waals surface area contributed by atoms with E-state index in [0.29, 0.717) is 0 Å². The zero-order chi connectivity index (χ0) is 14.5. The van der Waals surface area contributed by atoms with Gasteiger partial charge in [-0.2, -0.15) is 0 Å². The lowest BCUT2D eigenvalue weighted by molar-refractivity contribution is -0.384. The molecule has 0 radical (unpaired) electrons. The van der Waals surface area contributed by atoms with Gasteiger partial charge in [0.05, 0.1) is 4.92 Å². The standard InChI is InChI=1S/C8H10N2O2.C8H8.ClH/c1-6(9)7-2-4-8(5-3-7)10(11)12;1-2-4-8-6-5-7(8)3-1;/h2-6H,9H2,1H3;1-4H,5-6H2;1H. The second kappa shape index (κ2) is 7.76. The molecule has 0 aromatic heterocycles. The zero-order valence-corrected chi connectivity index (χ0v) is 12.7. The first kappa shape index (κ1) is 17.1. The van der Waals surface area contributed by atoms with Crippen molar-refractivity contribution in [1.82, 2.24) is 0 Å². The van der Waals surface area contributed by atoms with Gasteiger partial charge in [0.2, 0.25) is 0 Å². The lowest BCUT2D eigenvalue weighted by Crippen LogP contribution is -2.06. The molecule has 0 saturated heterocycles. The minimum absolute atomic E-state index is 0. The molecular formula is C16H19ClN2O2. The van der Waals surface area contributed by atoms with E-state index >= 15 is 0 Å². The Morgan fingerprint density at radius 2 is 1.52 bits per heavy atom. The number of nitro benzene ring substituents is 1. The van der Waals surface area contributed by atoms with E-state index in [2.05, 4.69) is 24.3 Å². The Balaban J connectivity index is 0.000000213. The molecule has 0 heterocycles. The number of nitrogens with two attached hydrogens (primary N) is 1. The van der Waals surface area contributed by atoms with Crippen LogP contribution in [0.1, 0.15) is 29.7 Å². The lowest BCUT2D eigenvalue weighted by atomic mass is 9.89. The van der Waals surface area contributed by atoms with Crippen LogP contribution in [0.25, 0.3) is 0 Å². The third kappa shape index (κ3) is 4.55. The summed E-state index contributed by atoms with van der Waals surface area (Å²) in [5.74, 6) is 0. The molecule has 4 nitrogen and oxygen atoms in total. The van der Waals surface area contributed by atoms with Crippen LogP contribution in [0, 0.1) is 10.1 Å². The summed E-state index contributed by atoms with van der Waals surface area (Å²) in [5, 5.41) is 10.3. The van der Waals surface area contributed by atoms with Gasteiger partial charge in [0, 0.05) is 18.2 Å². The number of aryl methyl sites for hydroxylation is 2. The van der Waals surface area contributed by atoms with Gasteiger partial charge < -0.3 is 5.73 Å². The molecule has 21 heavy (non-hydrogen) atoms. The van der Waals surface area contributed by atoms with Crippen LogP contribution in [-0.4, -0.2) is 4.92 Å². The molecule has 1 unspecified atom stereocenters. The van der Waals surface area contributed by atoms with Crippen molar-refractivity contribution in [2.24, 2.45) is 5.73 Å². The predicted octanol–water partition coefficient (Wildman–Crippen LogP) is 3.82. The fourth-order valence-corrected chi connectivity index (χ4v) is 2.04. The van der Waals surface area contributed by atoms with Crippen LogP contribution in [-0.2, 0) is 12.8 Å². The van der Waals surface area contributed by atoms with Crippen LogP contribution in [0.15, 0.2) is 48.5 Å². The molecular weight excluding hydrogens is 288 g/mol. The molecule has 112 valence electrons. The summed E-state index contributed by atoms with van der Waals surface area (Å²) in [6.45, 7) is 1.83. The number of rotatable bonds is 2. The minimum atomic E-state index is -0.426. The number of nitro groups is 1. The average Bonchev–Trinajstić information content (AvgIpc) is 2.41. The smallest absolute Gasteiger partial charge is 0.269 e. The highest BCUT2D eigenvalue weighted by Gasteiger charge is 2.09. The molecule has 2 aromatic carbocycles. The van der Waals surface area contributed by atoms with E-state index in [1.54, 1.807) is 23.3 Å². The lowest BCUT2D eigenvalue weighted by Gasteiger charge is -2.16. The summed E-state index contributed by atoms with van der Waals surface area (Å²) in [7, 11) is 0. The zero-order valence-electron chi connectivity index (χ0n) is 11.9. The second-order valence-electron chi connectivity index (χ2n) is 4.91. The summed E-state index contributed by atoms with van der Waals surface area (Å²) >= 11 is 0. The first-order valence-corrected chi connectivity index (χ1v) is 6.64. The molecule has 2 aromatic rings. The van der Waals surface area contributed by atoms with Gasteiger partial charge >= 0.3 is 0 Å². The molecule has 0 fully saturated rings. The first-order chi connectivity index (χ1) is 9.58. The van der Waals surface area contributed by atoms with Crippen LogP contribution in [0.5, 0.6) is 0 Å². The summed E-state index contributed by atoms with van der Waals surface area (Å²) in [6.07, 6.45) is 2.60. The second-order valence-corrected chi connectivity index (χ2v) is 4.91. The summed E-state index contributed by atoms with van der Waals surface area (Å²) in [4.78, 5) is 9.83. The molecule has 0 spiro atoms. The number of halogens is 1. The molecule has 0 amide bonds. The average molecular weight is 307 g/mol. The molecule has 1 aliphatic rings. The summed E-state index contributed by atoms with van der Waals surface area (Å²) in [5.41, 5.74) is 9.67. The molecule has 5 heteroatoms. The third-order valence-electron chi connectivity index (χ3n) is 3.41. The van der Waals surface area contributed by atoms with Crippen LogP contribution in [0.2, 0.25) is 0 Å². The Morgan fingerprint density at radius 3 is 1.81 bits per heavy atom. The predicted molar refractivity (Wildman–Crippen MR) is 86.8 cm³/mol. The Labute approximate surface area is 130 Å². The van der Waals surface area contributed by atoms with E-state index < -0.39 is 4.92 Å². The van der Waals surface area contributed by atoms with Crippen molar-refractivity contribution in [3.05, 3.63) is 75.3 Å². The highest BCUT2D eigenvalue weighted by Crippen LogP contribution is 2.20. The maximum Gasteiger partial charge on any atom is 0.269 e. The van der Waals surface area contributed by atoms with Gasteiger partial charge in [0.25, 0.3) is 5.69 Å². The van der Waals surface area contributed by atoms with Crippen molar-refractivity contribution in [1.29, 1.82) is 0 Å². The number of hydrogen-bond donors (Lipinski definition) is 1. The fourth-order valence-electron chi connectivity index (χ4n) is 2.04. The van der Waals surface area contributed by atoms with Gasteiger partial charge in [0.1, 0.15) is 0 Å². The molecule has 1 aliphatic carbocycles. The molecule has 0 saturated carbocycles. The Hall–Kier alpha value is -1.91.